The van der Waals surface area contributed by atoms with E-state index >= 15 is 0 Å². The highest BCUT2D eigenvalue weighted by Gasteiger charge is 2.49. The standard InChI is InChI=1S/C10H17NO2/c1-2-7-3-10(4-7)5-8(9(12)13)11-6-10/h7-8,11H,2-6H2,1H3,(H,12,13). The van der Waals surface area contributed by atoms with Crippen molar-refractivity contribution in [3.8, 4) is 0 Å². The summed E-state index contributed by atoms with van der Waals surface area (Å²) < 4.78 is 0. The Morgan fingerprint density at radius 3 is 2.69 bits per heavy atom. The van der Waals surface area contributed by atoms with Gasteiger partial charge in [-0.15, -0.1) is 0 Å². The predicted octanol–water partition coefficient (Wildman–Crippen LogP) is 1.24. The van der Waals surface area contributed by atoms with Crippen LogP contribution in [0.2, 0.25) is 0 Å². The smallest absolute Gasteiger partial charge is 0.320 e. The first-order chi connectivity index (χ1) is 6.15. The minimum Gasteiger partial charge on any atom is -0.480 e. The summed E-state index contributed by atoms with van der Waals surface area (Å²) in [6.07, 6.45) is 4.57. The summed E-state index contributed by atoms with van der Waals surface area (Å²) in [7, 11) is 0. The van der Waals surface area contributed by atoms with Gasteiger partial charge in [0.15, 0.2) is 0 Å². The van der Waals surface area contributed by atoms with Gasteiger partial charge in [-0.2, -0.15) is 0 Å². The molecule has 1 aliphatic heterocycles. The maximum atomic E-state index is 10.7. The van der Waals surface area contributed by atoms with Gasteiger partial charge >= 0.3 is 5.97 Å². The fourth-order valence-corrected chi connectivity index (χ4v) is 2.86. The van der Waals surface area contributed by atoms with Gasteiger partial charge in [-0.05, 0) is 30.6 Å². The molecule has 74 valence electrons. The Hall–Kier alpha value is -0.570. The van der Waals surface area contributed by atoms with Gasteiger partial charge in [0.25, 0.3) is 0 Å². The molecule has 0 aromatic heterocycles. The molecule has 1 atom stereocenters. The van der Waals surface area contributed by atoms with Crippen LogP contribution in [0.4, 0.5) is 0 Å². The molecule has 1 unspecified atom stereocenters. The third-order valence-electron chi connectivity index (χ3n) is 3.68. The Morgan fingerprint density at radius 1 is 1.54 bits per heavy atom. The zero-order valence-electron chi connectivity index (χ0n) is 8.05. The Bertz CT molecular complexity index is 221. The first-order valence-electron chi connectivity index (χ1n) is 5.11. The lowest BCUT2D eigenvalue weighted by Crippen LogP contribution is -2.38. The Balaban J connectivity index is 1.89. The van der Waals surface area contributed by atoms with E-state index in [-0.39, 0.29) is 6.04 Å². The summed E-state index contributed by atoms with van der Waals surface area (Å²) in [6, 6.07) is -0.280. The van der Waals surface area contributed by atoms with Crippen LogP contribution in [0.1, 0.15) is 32.6 Å². The van der Waals surface area contributed by atoms with Crippen molar-refractivity contribution in [3.63, 3.8) is 0 Å². The van der Waals surface area contributed by atoms with Crippen molar-refractivity contribution in [1.82, 2.24) is 5.32 Å². The van der Waals surface area contributed by atoms with Crippen LogP contribution in [-0.4, -0.2) is 23.7 Å². The van der Waals surface area contributed by atoms with Crippen LogP contribution in [0.5, 0.6) is 0 Å². The highest BCUT2D eigenvalue weighted by molar-refractivity contribution is 5.74. The van der Waals surface area contributed by atoms with Crippen LogP contribution >= 0.6 is 0 Å². The van der Waals surface area contributed by atoms with E-state index in [0.29, 0.717) is 5.41 Å². The van der Waals surface area contributed by atoms with Crippen LogP contribution < -0.4 is 5.32 Å². The third kappa shape index (κ3) is 1.46. The van der Waals surface area contributed by atoms with Gasteiger partial charge in [0.2, 0.25) is 0 Å². The molecule has 1 saturated carbocycles. The SMILES string of the molecule is CCC1CC2(CNC(C(=O)O)C2)C1. The van der Waals surface area contributed by atoms with E-state index in [2.05, 4.69) is 12.2 Å². The Morgan fingerprint density at radius 2 is 2.23 bits per heavy atom. The van der Waals surface area contributed by atoms with Crippen molar-refractivity contribution in [2.45, 2.75) is 38.6 Å². The summed E-state index contributed by atoms with van der Waals surface area (Å²) in [5.41, 5.74) is 0.351. The highest BCUT2D eigenvalue weighted by atomic mass is 16.4. The quantitative estimate of drug-likeness (QED) is 0.677. The number of aliphatic carboxylic acids is 1. The average Bonchev–Trinajstić information content (AvgIpc) is 2.45. The van der Waals surface area contributed by atoms with Crippen molar-refractivity contribution >= 4 is 5.97 Å². The second-order valence-electron chi connectivity index (χ2n) is 4.66. The van der Waals surface area contributed by atoms with E-state index in [1.165, 1.54) is 19.3 Å². The first-order valence-corrected chi connectivity index (χ1v) is 5.11. The molecule has 0 radical (unpaired) electrons. The summed E-state index contributed by atoms with van der Waals surface area (Å²) in [4.78, 5) is 10.7. The Labute approximate surface area is 78.5 Å². The molecule has 0 aromatic rings. The molecule has 2 fully saturated rings. The molecule has 2 rings (SSSR count). The number of nitrogens with one attached hydrogen (secondary N) is 1. The lowest BCUT2D eigenvalue weighted by molar-refractivity contribution is -0.139. The van der Waals surface area contributed by atoms with Crippen molar-refractivity contribution in [2.75, 3.05) is 6.54 Å². The maximum absolute atomic E-state index is 10.7. The third-order valence-corrected chi connectivity index (χ3v) is 3.68. The van der Waals surface area contributed by atoms with Crippen LogP contribution in [0, 0.1) is 11.3 Å². The van der Waals surface area contributed by atoms with Gasteiger partial charge in [-0.25, -0.2) is 0 Å². The molecule has 13 heavy (non-hydrogen) atoms. The van der Waals surface area contributed by atoms with E-state index < -0.39 is 5.97 Å². The molecule has 1 heterocycles. The predicted molar refractivity (Wildman–Crippen MR) is 49.5 cm³/mol. The molecule has 1 aliphatic carbocycles. The zero-order valence-corrected chi connectivity index (χ0v) is 8.05. The molecule has 0 aromatic carbocycles. The van der Waals surface area contributed by atoms with Crippen LogP contribution in [0.3, 0.4) is 0 Å². The molecular weight excluding hydrogens is 166 g/mol. The normalized spacial score (nSPS) is 43.5. The Kier molecular flexibility index (Phi) is 2.06. The second kappa shape index (κ2) is 2.98. The molecule has 3 heteroatoms. The number of carbonyl (C=O) groups is 1. The van der Waals surface area contributed by atoms with Gasteiger partial charge in [0.1, 0.15) is 6.04 Å². The molecule has 1 spiro atoms. The molecule has 2 N–H and O–H groups in total. The maximum Gasteiger partial charge on any atom is 0.320 e. The number of hydrogen-bond acceptors (Lipinski definition) is 2. The summed E-state index contributed by atoms with van der Waals surface area (Å²) in [6.45, 7) is 3.13. The molecule has 0 amide bonds. The van der Waals surface area contributed by atoms with Gasteiger partial charge in [-0.3, -0.25) is 4.79 Å². The van der Waals surface area contributed by atoms with E-state index in [4.69, 9.17) is 5.11 Å². The van der Waals surface area contributed by atoms with Crippen molar-refractivity contribution in [1.29, 1.82) is 0 Å². The van der Waals surface area contributed by atoms with Crippen molar-refractivity contribution in [3.05, 3.63) is 0 Å². The van der Waals surface area contributed by atoms with E-state index in [9.17, 15) is 4.79 Å². The van der Waals surface area contributed by atoms with Gasteiger partial charge < -0.3 is 10.4 Å². The average molecular weight is 183 g/mol. The topological polar surface area (TPSA) is 49.3 Å². The minimum absolute atomic E-state index is 0.280. The highest BCUT2D eigenvalue weighted by Crippen LogP contribution is 2.52. The van der Waals surface area contributed by atoms with Crippen molar-refractivity contribution < 1.29 is 9.90 Å². The largest absolute Gasteiger partial charge is 0.480 e. The van der Waals surface area contributed by atoms with Crippen LogP contribution in [0.15, 0.2) is 0 Å². The number of carboxylic acids is 1. The lowest BCUT2D eigenvalue weighted by Gasteiger charge is -2.44. The molecule has 0 bridgehead atoms. The fourth-order valence-electron chi connectivity index (χ4n) is 2.86. The summed E-state index contributed by atoms with van der Waals surface area (Å²) >= 11 is 0. The fraction of sp³-hybridized carbons (Fsp3) is 0.900. The van der Waals surface area contributed by atoms with E-state index in [0.717, 1.165) is 18.9 Å². The van der Waals surface area contributed by atoms with Gasteiger partial charge in [0.05, 0.1) is 0 Å². The number of hydrogen-bond donors (Lipinski definition) is 2. The first kappa shape index (κ1) is 9.00. The zero-order chi connectivity index (χ0) is 9.47. The molecule has 3 nitrogen and oxygen atoms in total. The molecule has 1 saturated heterocycles. The van der Waals surface area contributed by atoms with E-state index in [1.54, 1.807) is 0 Å². The minimum atomic E-state index is -0.683. The van der Waals surface area contributed by atoms with E-state index in [1.807, 2.05) is 0 Å². The summed E-state index contributed by atoms with van der Waals surface area (Å²) in [5, 5.41) is 11.9. The molecular formula is C10H17NO2. The van der Waals surface area contributed by atoms with Crippen LogP contribution in [0.25, 0.3) is 0 Å². The summed E-state index contributed by atoms with van der Waals surface area (Å²) in [5.74, 6) is 0.172. The van der Waals surface area contributed by atoms with Crippen LogP contribution in [-0.2, 0) is 4.79 Å². The number of carboxylic acid groups (broad SMARTS) is 1. The number of rotatable bonds is 2. The second-order valence-corrected chi connectivity index (χ2v) is 4.66. The lowest BCUT2D eigenvalue weighted by atomic mass is 9.60. The van der Waals surface area contributed by atoms with Gasteiger partial charge in [0, 0.05) is 6.54 Å². The monoisotopic (exact) mass is 183 g/mol. The van der Waals surface area contributed by atoms with Gasteiger partial charge in [-0.1, -0.05) is 13.3 Å². The van der Waals surface area contributed by atoms with Crippen molar-refractivity contribution in [2.24, 2.45) is 11.3 Å². The molecule has 2 aliphatic rings.